The third-order valence-electron chi connectivity index (χ3n) is 5.79. The maximum atomic E-state index is 5.67. The van der Waals surface area contributed by atoms with E-state index in [1.807, 2.05) is 0 Å². The summed E-state index contributed by atoms with van der Waals surface area (Å²) in [6.45, 7) is 8.81. The number of nitrogens with one attached hydrogen (secondary N) is 1. The third kappa shape index (κ3) is 6.06. The minimum atomic E-state index is 0. The highest BCUT2D eigenvalue weighted by Crippen LogP contribution is 2.31. The molecule has 2 aliphatic rings. The Bertz CT molecular complexity index is 631. The number of nitrogens with zero attached hydrogens (tertiary/aromatic N) is 3. The van der Waals surface area contributed by atoms with Gasteiger partial charge in [0.1, 0.15) is 0 Å². The molecule has 0 unspecified atom stereocenters. The van der Waals surface area contributed by atoms with Gasteiger partial charge in [0.05, 0.1) is 6.54 Å². The van der Waals surface area contributed by atoms with Crippen LogP contribution in [-0.4, -0.2) is 67.7 Å². The number of halogens is 2. The monoisotopic (exact) mass is 564 g/mol. The normalized spacial score (nSPS) is 19.9. The van der Waals surface area contributed by atoms with Gasteiger partial charge in [-0.1, -0.05) is 34.1 Å². The van der Waals surface area contributed by atoms with Crippen LogP contribution < -0.4 is 5.32 Å². The predicted molar refractivity (Wildman–Crippen MR) is 131 cm³/mol. The van der Waals surface area contributed by atoms with Crippen LogP contribution in [0.15, 0.2) is 33.7 Å². The first-order valence-corrected chi connectivity index (χ1v) is 11.0. The zero-order valence-corrected chi connectivity index (χ0v) is 21.0. The quantitative estimate of drug-likeness (QED) is 0.321. The van der Waals surface area contributed by atoms with Crippen LogP contribution in [0.3, 0.4) is 0 Å². The van der Waals surface area contributed by atoms with Gasteiger partial charge >= 0.3 is 0 Å². The number of benzene rings is 1. The van der Waals surface area contributed by atoms with Gasteiger partial charge in [0.15, 0.2) is 5.96 Å². The molecule has 1 aromatic carbocycles. The van der Waals surface area contributed by atoms with Crippen molar-refractivity contribution in [3.05, 3.63) is 34.3 Å². The lowest BCUT2D eigenvalue weighted by Gasteiger charge is -2.43. The first-order valence-electron chi connectivity index (χ1n) is 10.2. The first kappa shape index (κ1) is 23.9. The second kappa shape index (κ2) is 11.7. The van der Waals surface area contributed by atoms with Crippen molar-refractivity contribution in [3.8, 4) is 0 Å². The fourth-order valence-corrected chi connectivity index (χ4v) is 4.58. The standard InChI is InChI=1S/C21H33BrN4O.HI/c1-3-23-20(25(2)16-18-8-4-5-9-19(18)22)24-17-21(10-14-27-15-11-21)26-12-6-7-13-26;/h4-5,8-9H,3,6-7,10-17H2,1-2H3,(H,23,24);1H. The van der Waals surface area contributed by atoms with Crippen LogP contribution in [-0.2, 0) is 11.3 Å². The van der Waals surface area contributed by atoms with Gasteiger partial charge in [0, 0.05) is 43.4 Å². The van der Waals surface area contributed by atoms with Gasteiger partial charge in [-0.3, -0.25) is 9.89 Å². The fraction of sp³-hybridized carbons (Fsp3) is 0.667. The van der Waals surface area contributed by atoms with E-state index in [1.165, 1.54) is 31.5 Å². The average Bonchev–Trinajstić information content (AvgIpc) is 3.23. The number of likely N-dealkylation sites (tertiary alicyclic amines) is 1. The highest BCUT2D eigenvalue weighted by Gasteiger charge is 2.39. The van der Waals surface area contributed by atoms with E-state index in [9.17, 15) is 0 Å². The molecule has 0 radical (unpaired) electrons. The highest BCUT2D eigenvalue weighted by molar-refractivity contribution is 14.0. The average molecular weight is 565 g/mol. The second-order valence-electron chi connectivity index (χ2n) is 7.65. The minimum absolute atomic E-state index is 0. The molecule has 0 bridgehead atoms. The first-order chi connectivity index (χ1) is 13.1. The second-order valence-corrected chi connectivity index (χ2v) is 8.50. The summed E-state index contributed by atoms with van der Waals surface area (Å²) in [6.07, 6.45) is 4.80. The molecule has 1 N–H and O–H groups in total. The summed E-state index contributed by atoms with van der Waals surface area (Å²) in [4.78, 5) is 10.00. The number of guanidine groups is 1. The molecule has 0 saturated carbocycles. The molecule has 5 nitrogen and oxygen atoms in total. The fourth-order valence-electron chi connectivity index (χ4n) is 4.17. The summed E-state index contributed by atoms with van der Waals surface area (Å²) in [7, 11) is 2.12. The number of ether oxygens (including phenoxy) is 1. The van der Waals surface area contributed by atoms with E-state index in [0.717, 1.165) is 56.1 Å². The Hall–Kier alpha value is -0.380. The Kier molecular flexibility index (Phi) is 10.00. The van der Waals surface area contributed by atoms with E-state index in [1.54, 1.807) is 0 Å². The number of hydrogen-bond donors (Lipinski definition) is 1. The molecule has 158 valence electrons. The van der Waals surface area contributed by atoms with Gasteiger partial charge in [0.25, 0.3) is 0 Å². The molecule has 28 heavy (non-hydrogen) atoms. The number of hydrogen-bond acceptors (Lipinski definition) is 3. The molecule has 3 rings (SSSR count). The largest absolute Gasteiger partial charge is 0.381 e. The van der Waals surface area contributed by atoms with Gasteiger partial charge in [-0.15, -0.1) is 24.0 Å². The smallest absolute Gasteiger partial charge is 0.194 e. The van der Waals surface area contributed by atoms with Crippen molar-refractivity contribution in [2.24, 2.45) is 4.99 Å². The molecule has 0 spiro atoms. The van der Waals surface area contributed by atoms with Crippen molar-refractivity contribution in [2.75, 3.05) is 46.4 Å². The Morgan fingerprint density at radius 2 is 1.93 bits per heavy atom. The molecule has 0 amide bonds. The minimum Gasteiger partial charge on any atom is -0.381 e. The maximum Gasteiger partial charge on any atom is 0.194 e. The zero-order chi connectivity index (χ0) is 19.1. The molecule has 0 aliphatic carbocycles. The van der Waals surface area contributed by atoms with E-state index in [4.69, 9.17) is 9.73 Å². The molecule has 2 aliphatic heterocycles. The number of aliphatic imine (C=N–C) groups is 1. The van der Waals surface area contributed by atoms with Crippen LogP contribution in [0.4, 0.5) is 0 Å². The van der Waals surface area contributed by atoms with Gasteiger partial charge in [-0.05, 0) is 57.3 Å². The summed E-state index contributed by atoms with van der Waals surface area (Å²) in [5.41, 5.74) is 1.44. The Morgan fingerprint density at radius 1 is 1.25 bits per heavy atom. The Labute approximate surface area is 195 Å². The lowest BCUT2D eigenvalue weighted by Crippen LogP contribution is -2.54. The highest BCUT2D eigenvalue weighted by atomic mass is 127. The predicted octanol–water partition coefficient (Wildman–Crippen LogP) is 4.11. The molecule has 2 heterocycles. The van der Waals surface area contributed by atoms with Gasteiger partial charge in [-0.25, -0.2) is 0 Å². The lowest BCUT2D eigenvalue weighted by atomic mass is 9.88. The molecule has 1 aromatic rings. The summed E-state index contributed by atoms with van der Waals surface area (Å²) >= 11 is 3.66. The van der Waals surface area contributed by atoms with Crippen LogP contribution >= 0.6 is 39.9 Å². The van der Waals surface area contributed by atoms with Gasteiger partial charge < -0.3 is 15.0 Å². The zero-order valence-electron chi connectivity index (χ0n) is 17.1. The van der Waals surface area contributed by atoms with Crippen LogP contribution in [0.2, 0.25) is 0 Å². The molecule has 2 saturated heterocycles. The number of rotatable bonds is 6. The van der Waals surface area contributed by atoms with E-state index >= 15 is 0 Å². The molecule has 0 aromatic heterocycles. The summed E-state index contributed by atoms with van der Waals surface area (Å²) in [6, 6.07) is 8.40. The van der Waals surface area contributed by atoms with Crippen molar-refractivity contribution in [3.63, 3.8) is 0 Å². The topological polar surface area (TPSA) is 40.1 Å². The van der Waals surface area contributed by atoms with E-state index < -0.39 is 0 Å². The molecule has 7 heteroatoms. The van der Waals surface area contributed by atoms with Gasteiger partial charge in [0.2, 0.25) is 0 Å². The van der Waals surface area contributed by atoms with E-state index in [2.05, 4.69) is 69.3 Å². The van der Waals surface area contributed by atoms with Crippen LogP contribution in [0.5, 0.6) is 0 Å². The summed E-state index contributed by atoms with van der Waals surface area (Å²) in [5, 5.41) is 3.48. The van der Waals surface area contributed by atoms with Crippen molar-refractivity contribution < 1.29 is 4.74 Å². The molecule has 0 atom stereocenters. The Balaban J connectivity index is 0.00000280. The maximum absolute atomic E-state index is 5.67. The van der Waals surface area contributed by atoms with E-state index in [-0.39, 0.29) is 29.5 Å². The summed E-state index contributed by atoms with van der Waals surface area (Å²) in [5.74, 6) is 0.985. The van der Waals surface area contributed by atoms with Crippen molar-refractivity contribution >= 4 is 45.9 Å². The van der Waals surface area contributed by atoms with Crippen LogP contribution in [0.25, 0.3) is 0 Å². The molecule has 2 fully saturated rings. The molecular weight excluding hydrogens is 531 g/mol. The van der Waals surface area contributed by atoms with Crippen LogP contribution in [0.1, 0.15) is 38.2 Å². The summed E-state index contributed by atoms with van der Waals surface area (Å²) < 4.78 is 6.82. The van der Waals surface area contributed by atoms with Gasteiger partial charge in [-0.2, -0.15) is 0 Å². The van der Waals surface area contributed by atoms with Crippen LogP contribution in [0, 0.1) is 0 Å². The molecular formula is C21H34BrIN4O. The SMILES string of the molecule is CCNC(=NCC1(N2CCCC2)CCOCC1)N(C)Cc1ccccc1Br.I. The van der Waals surface area contributed by atoms with Crippen molar-refractivity contribution in [2.45, 2.75) is 44.7 Å². The third-order valence-corrected chi connectivity index (χ3v) is 6.56. The lowest BCUT2D eigenvalue weighted by molar-refractivity contribution is -0.0139. The van der Waals surface area contributed by atoms with Crippen molar-refractivity contribution in [1.82, 2.24) is 15.1 Å². The van der Waals surface area contributed by atoms with Crippen molar-refractivity contribution in [1.29, 1.82) is 0 Å². The Morgan fingerprint density at radius 3 is 2.57 bits per heavy atom. The van der Waals surface area contributed by atoms with E-state index in [0.29, 0.717) is 0 Å².